The molecule has 2 amide bonds. The lowest BCUT2D eigenvalue weighted by atomic mass is 9.90. The molecule has 2 bridgehead atoms. The quantitative estimate of drug-likeness (QED) is 0.273. The SMILES string of the molecule is C[C@@H](C(=O)O)N(C)C(=O)CCC(C)(C)SSCCNC(=O)CC1CC2C=CC1C2. The van der Waals surface area contributed by atoms with Crippen LogP contribution in [0, 0.1) is 17.8 Å². The van der Waals surface area contributed by atoms with Gasteiger partial charge in [0.25, 0.3) is 0 Å². The smallest absolute Gasteiger partial charge is 0.326 e. The topological polar surface area (TPSA) is 86.7 Å². The van der Waals surface area contributed by atoms with E-state index in [1.165, 1.54) is 25.3 Å². The number of amides is 2. The Balaban J connectivity index is 1.56. The van der Waals surface area contributed by atoms with Gasteiger partial charge < -0.3 is 15.3 Å². The summed E-state index contributed by atoms with van der Waals surface area (Å²) >= 11 is 0. The van der Waals surface area contributed by atoms with E-state index in [0.717, 1.165) is 12.2 Å². The molecule has 2 rings (SSSR count). The molecule has 4 atom stereocenters. The molecule has 6 nitrogen and oxygen atoms in total. The fraction of sp³-hybridized carbons (Fsp3) is 0.762. The minimum Gasteiger partial charge on any atom is -0.480 e. The Morgan fingerprint density at radius 1 is 1.28 bits per heavy atom. The fourth-order valence-electron chi connectivity index (χ4n) is 3.88. The van der Waals surface area contributed by atoms with Gasteiger partial charge in [-0.1, -0.05) is 33.7 Å². The van der Waals surface area contributed by atoms with Gasteiger partial charge in [0, 0.05) is 36.9 Å². The van der Waals surface area contributed by atoms with Gasteiger partial charge in [0.1, 0.15) is 6.04 Å². The highest BCUT2D eigenvalue weighted by Gasteiger charge is 2.36. The number of likely N-dealkylation sites (N-methyl/N-ethyl adjacent to an activating group) is 1. The Labute approximate surface area is 182 Å². The molecule has 8 heteroatoms. The van der Waals surface area contributed by atoms with Crippen LogP contribution in [0.1, 0.15) is 52.9 Å². The molecule has 0 aromatic heterocycles. The maximum Gasteiger partial charge on any atom is 0.326 e. The first-order chi connectivity index (χ1) is 13.6. The van der Waals surface area contributed by atoms with Crippen LogP contribution in [0.2, 0.25) is 0 Å². The summed E-state index contributed by atoms with van der Waals surface area (Å²) in [5.74, 6) is 1.65. The highest BCUT2D eigenvalue weighted by Crippen LogP contribution is 2.44. The molecule has 0 radical (unpaired) electrons. The normalized spacial score (nSPS) is 23.8. The predicted octanol–water partition coefficient (Wildman–Crippen LogP) is 3.58. The minimum absolute atomic E-state index is 0.104. The number of aliphatic carboxylic acids is 1. The number of allylic oxidation sites excluding steroid dienone is 2. The standard InChI is InChI=1S/C21H34N2O4S2/c1-14(20(26)27)23(4)19(25)7-8-21(2,3)29-28-10-9-22-18(24)13-17-12-15-5-6-16(17)11-15/h5-6,14-17H,7-13H2,1-4H3,(H,22,24)(H,26,27)/t14-,15?,16?,17?/m0/s1. The van der Waals surface area contributed by atoms with Gasteiger partial charge in [-0.05, 0) is 57.8 Å². The molecule has 2 aliphatic carbocycles. The summed E-state index contributed by atoms with van der Waals surface area (Å²) in [6.45, 7) is 6.33. The predicted molar refractivity (Wildman–Crippen MR) is 120 cm³/mol. The third-order valence-electron chi connectivity index (χ3n) is 5.93. The Morgan fingerprint density at radius 3 is 2.59 bits per heavy atom. The number of carboxylic acid groups (broad SMARTS) is 1. The van der Waals surface area contributed by atoms with Gasteiger partial charge in [-0.25, -0.2) is 4.79 Å². The second-order valence-corrected chi connectivity index (χ2v) is 11.9. The summed E-state index contributed by atoms with van der Waals surface area (Å²) in [6, 6.07) is -0.813. The largest absolute Gasteiger partial charge is 0.480 e. The number of carbonyl (C=O) groups excluding carboxylic acids is 2. The van der Waals surface area contributed by atoms with Crippen LogP contribution >= 0.6 is 21.6 Å². The van der Waals surface area contributed by atoms with E-state index in [-0.39, 0.29) is 16.6 Å². The summed E-state index contributed by atoms with van der Waals surface area (Å²) in [7, 11) is 4.94. The Morgan fingerprint density at radius 2 is 2.00 bits per heavy atom. The highest BCUT2D eigenvalue weighted by molar-refractivity contribution is 8.77. The van der Waals surface area contributed by atoms with Crippen molar-refractivity contribution in [2.45, 2.75) is 63.7 Å². The second-order valence-electron chi connectivity index (χ2n) is 8.78. The molecular formula is C21H34N2O4S2. The lowest BCUT2D eigenvalue weighted by Gasteiger charge is -2.26. The number of carboxylic acids is 1. The van der Waals surface area contributed by atoms with Crippen molar-refractivity contribution in [3.05, 3.63) is 12.2 Å². The van der Waals surface area contributed by atoms with Gasteiger partial charge >= 0.3 is 5.97 Å². The maximum absolute atomic E-state index is 12.2. The van der Waals surface area contributed by atoms with Crippen molar-refractivity contribution in [1.29, 1.82) is 0 Å². The van der Waals surface area contributed by atoms with E-state index in [9.17, 15) is 14.4 Å². The summed E-state index contributed by atoms with van der Waals surface area (Å²) in [6.07, 6.45) is 8.60. The van der Waals surface area contributed by atoms with E-state index in [1.54, 1.807) is 21.6 Å². The molecule has 1 saturated carbocycles. The van der Waals surface area contributed by atoms with E-state index < -0.39 is 12.0 Å². The first-order valence-electron chi connectivity index (χ1n) is 10.3. The van der Waals surface area contributed by atoms with Gasteiger partial charge in [0.05, 0.1) is 0 Å². The van der Waals surface area contributed by atoms with Crippen LogP contribution in [0.5, 0.6) is 0 Å². The summed E-state index contributed by atoms with van der Waals surface area (Å²) < 4.78 is -0.104. The van der Waals surface area contributed by atoms with Crippen LogP contribution in [0.4, 0.5) is 0 Å². The molecule has 29 heavy (non-hydrogen) atoms. The van der Waals surface area contributed by atoms with E-state index in [1.807, 2.05) is 0 Å². The molecule has 1 fully saturated rings. The molecule has 0 heterocycles. The van der Waals surface area contributed by atoms with Crippen LogP contribution < -0.4 is 5.32 Å². The van der Waals surface area contributed by atoms with Gasteiger partial charge in [0.15, 0.2) is 0 Å². The van der Waals surface area contributed by atoms with E-state index in [2.05, 4.69) is 31.3 Å². The van der Waals surface area contributed by atoms with E-state index in [0.29, 0.717) is 43.6 Å². The Hall–Kier alpha value is -1.15. The van der Waals surface area contributed by atoms with Crippen molar-refractivity contribution in [3.8, 4) is 0 Å². The molecule has 3 unspecified atom stereocenters. The van der Waals surface area contributed by atoms with E-state index >= 15 is 0 Å². The first kappa shape index (κ1) is 24.1. The average molecular weight is 443 g/mol. The van der Waals surface area contributed by atoms with Gasteiger partial charge in [-0.3, -0.25) is 9.59 Å². The maximum atomic E-state index is 12.2. The minimum atomic E-state index is -0.996. The van der Waals surface area contributed by atoms with Crippen LogP contribution in [0.25, 0.3) is 0 Å². The van der Waals surface area contributed by atoms with Crippen molar-refractivity contribution < 1.29 is 19.5 Å². The van der Waals surface area contributed by atoms with Crippen molar-refractivity contribution in [2.75, 3.05) is 19.3 Å². The van der Waals surface area contributed by atoms with Crippen molar-refractivity contribution >= 4 is 39.4 Å². The zero-order valence-corrected chi connectivity index (χ0v) is 19.5. The Kier molecular flexibility index (Phi) is 8.94. The molecule has 0 saturated heterocycles. The van der Waals surface area contributed by atoms with Gasteiger partial charge in [0.2, 0.25) is 11.8 Å². The lowest BCUT2D eigenvalue weighted by molar-refractivity contribution is -0.148. The van der Waals surface area contributed by atoms with E-state index in [4.69, 9.17) is 5.11 Å². The second kappa shape index (κ2) is 10.8. The zero-order valence-electron chi connectivity index (χ0n) is 17.8. The van der Waals surface area contributed by atoms with Crippen LogP contribution in [-0.2, 0) is 14.4 Å². The van der Waals surface area contributed by atoms with Gasteiger partial charge in [-0.2, -0.15) is 0 Å². The lowest BCUT2D eigenvalue weighted by Crippen LogP contribution is -2.40. The van der Waals surface area contributed by atoms with Crippen molar-refractivity contribution in [1.82, 2.24) is 10.2 Å². The summed E-state index contributed by atoms with van der Waals surface area (Å²) in [5.41, 5.74) is 0. The molecule has 0 spiro atoms. The molecule has 0 aromatic rings. The third-order valence-corrected chi connectivity index (χ3v) is 9.28. The number of nitrogens with one attached hydrogen (secondary N) is 1. The number of hydrogen-bond donors (Lipinski definition) is 2. The molecule has 2 N–H and O–H groups in total. The van der Waals surface area contributed by atoms with Crippen molar-refractivity contribution in [2.24, 2.45) is 17.8 Å². The number of rotatable bonds is 12. The summed E-state index contributed by atoms with van der Waals surface area (Å²) in [5, 5.41) is 12.0. The van der Waals surface area contributed by atoms with Crippen molar-refractivity contribution in [3.63, 3.8) is 0 Å². The number of nitrogens with zero attached hydrogens (tertiary/aromatic N) is 1. The summed E-state index contributed by atoms with van der Waals surface area (Å²) in [4.78, 5) is 36.6. The molecular weight excluding hydrogens is 408 g/mol. The third kappa shape index (κ3) is 7.55. The molecule has 2 aliphatic rings. The van der Waals surface area contributed by atoms with Crippen LogP contribution in [0.15, 0.2) is 12.2 Å². The monoisotopic (exact) mass is 442 g/mol. The van der Waals surface area contributed by atoms with Crippen LogP contribution in [0.3, 0.4) is 0 Å². The average Bonchev–Trinajstić information content (AvgIpc) is 3.27. The first-order valence-corrected chi connectivity index (χ1v) is 12.6. The number of fused-ring (bicyclic) bond motifs is 2. The number of carbonyl (C=O) groups is 3. The zero-order chi connectivity index (χ0) is 21.6. The molecule has 0 aliphatic heterocycles. The fourth-order valence-corrected chi connectivity index (χ4v) is 6.36. The number of hydrogen-bond acceptors (Lipinski definition) is 5. The van der Waals surface area contributed by atoms with Gasteiger partial charge in [-0.15, -0.1) is 0 Å². The molecule has 164 valence electrons. The van der Waals surface area contributed by atoms with Crippen LogP contribution in [-0.4, -0.2) is 57.9 Å². The highest BCUT2D eigenvalue weighted by atomic mass is 33.1. The Bertz CT molecular complexity index is 638. The molecule has 0 aromatic carbocycles.